The van der Waals surface area contributed by atoms with Crippen LogP contribution in [0.2, 0.25) is 0 Å². The number of fused-ring (bicyclic) bond motifs is 1. The molecule has 1 aliphatic rings. The third kappa shape index (κ3) is 5.11. The number of anilines is 2. The summed E-state index contributed by atoms with van der Waals surface area (Å²) in [5, 5.41) is 11.2. The second kappa shape index (κ2) is 10.3. The Balaban J connectivity index is 1.38. The standard InChI is InChI=1S/C29H30N6O/c1-19(2)35-18-23(17-32-35)27-20(3)16-31-29(34-27)33-24-11-10-22-13-14-30-28(25(22)15-24)26(36)12-9-21-7-5-4-6-8-21/h4-12,15-19,28,30H,13-14H2,1-3H3,(H,31,33,34). The first-order chi connectivity index (χ1) is 17.5. The number of carbonyl (C=O) groups is 1. The summed E-state index contributed by atoms with van der Waals surface area (Å²) in [6.07, 6.45) is 10.1. The van der Waals surface area contributed by atoms with Gasteiger partial charge in [0.15, 0.2) is 5.78 Å². The second-order valence-corrected chi connectivity index (χ2v) is 9.35. The van der Waals surface area contributed by atoms with E-state index in [4.69, 9.17) is 4.98 Å². The Morgan fingerprint density at radius 2 is 2.00 bits per heavy atom. The van der Waals surface area contributed by atoms with Crippen molar-refractivity contribution in [3.05, 3.63) is 95.5 Å². The molecule has 0 fully saturated rings. The Labute approximate surface area is 211 Å². The lowest BCUT2D eigenvalue weighted by molar-refractivity contribution is -0.116. The number of carbonyl (C=O) groups excluding carboxylic acids is 1. The smallest absolute Gasteiger partial charge is 0.227 e. The lowest BCUT2D eigenvalue weighted by Crippen LogP contribution is -2.34. The lowest BCUT2D eigenvalue weighted by atomic mass is 9.91. The van der Waals surface area contributed by atoms with Crippen LogP contribution < -0.4 is 10.6 Å². The van der Waals surface area contributed by atoms with Crippen molar-refractivity contribution in [2.75, 3.05) is 11.9 Å². The van der Waals surface area contributed by atoms with Crippen molar-refractivity contribution in [3.8, 4) is 11.3 Å². The molecule has 0 saturated heterocycles. The van der Waals surface area contributed by atoms with Gasteiger partial charge in [-0.25, -0.2) is 9.97 Å². The van der Waals surface area contributed by atoms with Crippen molar-refractivity contribution < 1.29 is 4.79 Å². The lowest BCUT2D eigenvalue weighted by Gasteiger charge is -2.26. The van der Waals surface area contributed by atoms with Crippen molar-refractivity contribution in [3.63, 3.8) is 0 Å². The quantitative estimate of drug-likeness (QED) is 0.344. The van der Waals surface area contributed by atoms with Gasteiger partial charge in [0.25, 0.3) is 0 Å². The summed E-state index contributed by atoms with van der Waals surface area (Å²) in [6.45, 7) is 6.95. The summed E-state index contributed by atoms with van der Waals surface area (Å²) < 4.78 is 1.92. The van der Waals surface area contributed by atoms with Gasteiger partial charge in [-0.3, -0.25) is 9.48 Å². The van der Waals surface area contributed by atoms with Crippen molar-refractivity contribution >= 4 is 23.5 Å². The molecule has 36 heavy (non-hydrogen) atoms. The van der Waals surface area contributed by atoms with Crippen LogP contribution in [-0.4, -0.2) is 32.1 Å². The second-order valence-electron chi connectivity index (χ2n) is 9.35. The Kier molecular flexibility index (Phi) is 6.73. The van der Waals surface area contributed by atoms with Crippen LogP contribution in [0.5, 0.6) is 0 Å². The maximum absolute atomic E-state index is 13.1. The Morgan fingerprint density at radius 1 is 1.17 bits per heavy atom. The van der Waals surface area contributed by atoms with Gasteiger partial charge in [-0.05, 0) is 67.7 Å². The summed E-state index contributed by atoms with van der Waals surface area (Å²) in [5.74, 6) is 0.538. The van der Waals surface area contributed by atoms with Crippen molar-refractivity contribution in [1.29, 1.82) is 0 Å². The Hall–Kier alpha value is -4.10. The van der Waals surface area contributed by atoms with E-state index < -0.39 is 0 Å². The van der Waals surface area contributed by atoms with E-state index in [-0.39, 0.29) is 17.9 Å². The van der Waals surface area contributed by atoms with E-state index in [1.807, 2.05) is 78.7 Å². The monoisotopic (exact) mass is 478 g/mol. The molecule has 0 spiro atoms. The highest BCUT2D eigenvalue weighted by Gasteiger charge is 2.25. The zero-order valence-electron chi connectivity index (χ0n) is 20.8. The molecule has 3 heterocycles. The van der Waals surface area contributed by atoms with Gasteiger partial charge >= 0.3 is 0 Å². The maximum Gasteiger partial charge on any atom is 0.227 e. The molecule has 1 atom stereocenters. The highest BCUT2D eigenvalue weighted by molar-refractivity contribution is 5.98. The molecule has 0 bridgehead atoms. The topological polar surface area (TPSA) is 84.7 Å². The minimum absolute atomic E-state index is 0.0352. The van der Waals surface area contributed by atoms with E-state index in [0.29, 0.717) is 5.95 Å². The number of benzene rings is 2. The predicted octanol–water partition coefficient (Wildman–Crippen LogP) is 5.44. The predicted molar refractivity (Wildman–Crippen MR) is 143 cm³/mol. The molecule has 0 amide bonds. The van der Waals surface area contributed by atoms with Crippen molar-refractivity contribution in [2.24, 2.45) is 0 Å². The van der Waals surface area contributed by atoms with Crippen LogP contribution in [0, 0.1) is 6.92 Å². The van der Waals surface area contributed by atoms with Crippen molar-refractivity contribution in [1.82, 2.24) is 25.1 Å². The third-order valence-corrected chi connectivity index (χ3v) is 6.36. The van der Waals surface area contributed by atoms with Gasteiger partial charge < -0.3 is 10.6 Å². The number of hydrogen-bond acceptors (Lipinski definition) is 6. The fourth-order valence-electron chi connectivity index (χ4n) is 4.39. The molecule has 2 aromatic heterocycles. The molecule has 0 saturated carbocycles. The number of hydrogen-bond donors (Lipinski definition) is 2. The first-order valence-electron chi connectivity index (χ1n) is 12.3. The van der Waals surface area contributed by atoms with Crippen LogP contribution in [0.3, 0.4) is 0 Å². The van der Waals surface area contributed by atoms with Gasteiger partial charge in [0, 0.05) is 36.2 Å². The van der Waals surface area contributed by atoms with Crippen LogP contribution in [0.1, 0.15) is 48.2 Å². The summed E-state index contributed by atoms with van der Waals surface area (Å²) in [5.41, 5.74) is 6.79. The first kappa shape index (κ1) is 23.6. The average Bonchev–Trinajstić information content (AvgIpc) is 3.39. The fourth-order valence-corrected chi connectivity index (χ4v) is 4.39. The zero-order valence-corrected chi connectivity index (χ0v) is 20.8. The number of ketones is 1. The number of aromatic nitrogens is 4. The van der Waals surface area contributed by atoms with Crippen LogP contribution in [0.25, 0.3) is 17.3 Å². The molecule has 4 aromatic rings. The minimum atomic E-state index is -0.383. The third-order valence-electron chi connectivity index (χ3n) is 6.36. The molecule has 7 nitrogen and oxygen atoms in total. The van der Waals surface area contributed by atoms with E-state index in [1.54, 1.807) is 6.08 Å². The molecule has 2 aromatic carbocycles. The molecule has 7 heteroatoms. The minimum Gasteiger partial charge on any atom is -0.324 e. The van der Waals surface area contributed by atoms with Gasteiger partial charge in [-0.15, -0.1) is 0 Å². The number of rotatable bonds is 7. The first-order valence-corrected chi connectivity index (χ1v) is 12.3. The van der Waals surface area contributed by atoms with Crippen LogP contribution >= 0.6 is 0 Å². The van der Waals surface area contributed by atoms with Crippen LogP contribution in [0.4, 0.5) is 11.6 Å². The molecule has 2 N–H and O–H groups in total. The van der Waals surface area contributed by atoms with E-state index >= 15 is 0 Å². The molecule has 1 aliphatic heterocycles. The molecular formula is C29H30N6O. The number of nitrogens with one attached hydrogen (secondary N) is 2. The van der Waals surface area contributed by atoms with Crippen LogP contribution in [0.15, 0.2) is 73.2 Å². The van der Waals surface area contributed by atoms with Crippen LogP contribution in [-0.2, 0) is 11.2 Å². The highest BCUT2D eigenvalue weighted by Crippen LogP contribution is 2.29. The molecule has 1 unspecified atom stereocenters. The summed E-state index contributed by atoms with van der Waals surface area (Å²) in [7, 11) is 0. The molecule has 5 rings (SSSR count). The summed E-state index contributed by atoms with van der Waals surface area (Å²) >= 11 is 0. The van der Waals surface area contributed by atoms with Gasteiger partial charge in [0.2, 0.25) is 5.95 Å². The van der Waals surface area contributed by atoms with Gasteiger partial charge in [-0.1, -0.05) is 42.5 Å². The molecular weight excluding hydrogens is 448 g/mol. The maximum atomic E-state index is 13.1. The highest BCUT2D eigenvalue weighted by atomic mass is 16.1. The number of nitrogens with zero attached hydrogens (tertiary/aromatic N) is 4. The largest absolute Gasteiger partial charge is 0.324 e. The normalized spacial score (nSPS) is 15.3. The summed E-state index contributed by atoms with van der Waals surface area (Å²) in [6, 6.07) is 15.9. The summed E-state index contributed by atoms with van der Waals surface area (Å²) in [4.78, 5) is 22.3. The van der Waals surface area contributed by atoms with E-state index in [2.05, 4.69) is 40.6 Å². The Morgan fingerprint density at radius 3 is 2.78 bits per heavy atom. The van der Waals surface area contributed by atoms with E-state index in [1.165, 1.54) is 5.56 Å². The molecule has 0 radical (unpaired) electrons. The average molecular weight is 479 g/mol. The Bertz CT molecular complexity index is 1410. The molecule has 0 aliphatic carbocycles. The van der Waals surface area contributed by atoms with Gasteiger partial charge in [0.05, 0.1) is 17.9 Å². The van der Waals surface area contributed by atoms with E-state index in [9.17, 15) is 4.79 Å². The zero-order chi connectivity index (χ0) is 25.1. The van der Waals surface area contributed by atoms with Crippen molar-refractivity contribution in [2.45, 2.75) is 39.3 Å². The van der Waals surface area contributed by atoms with E-state index in [0.717, 1.165) is 46.6 Å². The van der Waals surface area contributed by atoms with Gasteiger partial charge in [0.1, 0.15) is 0 Å². The van der Waals surface area contributed by atoms with Gasteiger partial charge in [-0.2, -0.15) is 5.10 Å². The SMILES string of the molecule is Cc1cnc(Nc2ccc3c(c2)C(C(=O)C=Cc2ccccc2)NCC3)nc1-c1cnn(C(C)C)c1. The fraction of sp³-hybridized carbons (Fsp3) is 0.241. The number of aryl methyl sites for hydroxylation is 1. The molecule has 182 valence electrons.